The van der Waals surface area contributed by atoms with E-state index in [9.17, 15) is 0 Å². The summed E-state index contributed by atoms with van der Waals surface area (Å²) in [5, 5.41) is 4.47. The molecule has 1 aromatic rings. The summed E-state index contributed by atoms with van der Waals surface area (Å²) in [7, 11) is 0. The highest BCUT2D eigenvalue weighted by atomic mass is 32.2. The maximum atomic E-state index is 4.68. The average Bonchev–Trinajstić information content (AvgIpc) is 2.38. The average molecular weight is 235 g/mol. The summed E-state index contributed by atoms with van der Waals surface area (Å²) in [5.41, 5.74) is 1.03. The Labute approximate surface area is 101 Å². The van der Waals surface area contributed by atoms with Crippen molar-refractivity contribution in [2.24, 2.45) is 4.99 Å². The smallest absolute Gasteiger partial charge is 0.164 e. The highest BCUT2D eigenvalue weighted by Gasteiger charge is 2.13. The summed E-state index contributed by atoms with van der Waals surface area (Å²) in [4.78, 5) is 7.02. The first-order valence-corrected chi connectivity index (χ1v) is 6.76. The van der Waals surface area contributed by atoms with Crippen LogP contribution in [0.2, 0.25) is 0 Å². The van der Waals surface area contributed by atoms with Gasteiger partial charge in [0.1, 0.15) is 0 Å². The molecule has 1 aliphatic rings. The summed E-state index contributed by atoms with van der Waals surface area (Å²) >= 11 is 1.72. The van der Waals surface area contributed by atoms with E-state index in [0.717, 1.165) is 37.0 Å². The molecule has 0 atom stereocenters. The van der Waals surface area contributed by atoms with Crippen LogP contribution in [0.25, 0.3) is 0 Å². The van der Waals surface area contributed by atoms with Crippen LogP contribution in [0.15, 0.2) is 35.3 Å². The Morgan fingerprint density at radius 1 is 1.25 bits per heavy atom. The molecule has 3 nitrogen and oxygen atoms in total. The lowest BCUT2D eigenvalue weighted by Gasteiger charge is -2.29. The van der Waals surface area contributed by atoms with Crippen LogP contribution in [0.1, 0.15) is 0 Å². The topological polar surface area (TPSA) is 27.6 Å². The Kier molecular flexibility index (Phi) is 4.25. The predicted octanol–water partition coefficient (Wildman–Crippen LogP) is 1.94. The molecule has 0 saturated carbocycles. The Bertz CT molecular complexity index is 345. The molecule has 0 aliphatic carbocycles. The molecule has 1 heterocycles. The fourth-order valence-corrected chi connectivity index (χ4v) is 2.35. The summed E-state index contributed by atoms with van der Waals surface area (Å²) in [6.07, 6.45) is 2.09. The molecule has 2 rings (SSSR count). The van der Waals surface area contributed by atoms with E-state index in [-0.39, 0.29) is 0 Å². The normalized spacial score (nSPS) is 17.6. The van der Waals surface area contributed by atoms with Crippen molar-refractivity contribution in [1.29, 1.82) is 0 Å². The van der Waals surface area contributed by atoms with Gasteiger partial charge in [0.25, 0.3) is 0 Å². The quantitative estimate of drug-likeness (QED) is 0.595. The van der Waals surface area contributed by atoms with Gasteiger partial charge in [0.15, 0.2) is 5.17 Å². The van der Waals surface area contributed by atoms with Crippen LogP contribution in [-0.2, 0) is 0 Å². The van der Waals surface area contributed by atoms with Crippen molar-refractivity contribution in [2.45, 2.75) is 0 Å². The maximum absolute atomic E-state index is 4.68. The van der Waals surface area contributed by atoms with E-state index >= 15 is 0 Å². The Morgan fingerprint density at radius 3 is 2.56 bits per heavy atom. The van der Waals surface area contributed by atoms with Gasteiger partial charge in [-0.05, 0) is 18.4 Å². The number of rotatable bonds is 1. The van der Waals surface area contributed by atoms with Crippen molar-refractivity contribution in [1.82, 2.24) is 10.2 Å². The predicted molar refractivity (Wildman–Crippen MR) is 71.5 cm³/mol. The number of aliphatic imine (C=N–C) groups is 1. The van der Waals surface area contributed by atoms with Crippen molar-refractivity contribution in [3.05, 3.63) is 30.3 Å². The third-order valence-electron chi connectivity index (χ3n) is 2.55. The zero-order valence-corrected chi connectivity index (χ0v) is 10.3. The standard InChI is InChI=1S/C12H17N3S/c1-16-12(15-9-7-13-8-10-15)14-11-5-3-2-4-6-11/h2-6,13H,7-10H2,1H3. The summed E-state index contributed by atoms with van der Waals surface area (Å²) in [6, 6.07) is 10.1. The van der Waals surface area contributed by atoms with Gasteiger partial charge in [0.2, 0.25) is 0 Å². The molecular formula is C12H17N3S. The van der Waals surface area contributed by atoms with Gasteiger partial charge in [0, 0.05) is 26.2 Å². The molecule has 0 spiro atoms. The molecule has 1 saturated heterocycles. The molecule has 0 unspecified atom stereocenters. The van der Waals surface area contributed by atoms with Gasteiger partial charge in [-0.3, -0.25) is 0 Å². The van der Waals surface area contributed by atoms with Gasteiger partial charge in [0.05, 0.1) is 5.69 Å². The van der Waals surface area contributed by atoms with E-state index in [2.05, 4.69) is 21.5 Å². The lowest BCUT2D eigenvalue weighted by atomic mass is 10.3. The molecule has 1 N–H and O–H groups in total. The van der Waals surface area contributed by atoms with Crippen LogP contribution in [0.4, 0.5) is 5.69 Å². The molecule has 86 valence electrons. The van der Waals surface area contributed by atoms with Crippen molar-refractivity contribution < 1.29 is 0 Å². The van der Waals surface area contributed by atoms with Crippen LogP contribution in [-0.4, -0.2) is 42.5 Å². The second-order valence-electron chi connectivity index (χ2n) is 3.67. The zero-order valence-electron chi connectivity index (χ0n) is 9.52. The molecule has 0 radical (unpaired) electrons. The Balaban J connectivity index is 2.12. The van der Waals surface area contributed by atoms with E-state index in [0.29, 0.717) is 0 Å². The zero-order chi connectivity index (χ0) is 11.2. The first kappa shape index (κ1) is 11.5. The minimum Gasteiger partial charge on any atom is -0.349 e. The van der Waals surface area contributed by atoms with E-state index in [1.54, 1.807) is 11.8 Å². The van der Waals surface area contributed by atoms with Crippen LogP contribution >= 0.6 is 11.8 Å². The number of hydrogen-bond donors (Lipinski definition) is 1. The third kappa shape index (κ3) is 3.00. The minimum absolute atomic E-state index is 1.03. The van der Waals surface area contributed by atoms with Crippen LogP contribution < -0.4 is 5.32 Å². The van der Waals surface area contributed by atoms with E-state index in [4.69, 9.17) is 0 Å². The number of nitrogens with zero attached hydrogens (tertiary/aromatic N) is 2. The highest BCUT2D eigenvalue weighted by Crippen LogP contribution is 2.15. The van der Waals surface area contributed by atoms with Crippen molar-refractivity contribution in [3.63, 3.8) is 0 Å². The molecule has 1 aliphatic heterocycles. The number of thioether (sulfide) groups is 1. The fraction of sp³-hybridized carbons (Fsp3) is 0.417. The summed E-state index contributed by atoms with van der Waals surface area (Å²) in [5.74, 6) is 0. The van der Waals surface area contributed by atoms with Crippen molar-refractivity contribution in [2.75, 3.05) is 32.4 Å². The van der Waals surface area contributed by atoms with E-state index in [1.165, 1.54) is 0 Å². The van der Waals surface area contributed by atoms with Crippen LogP contribution in [0.5, 0.6) is 0 Å². The number of nitrogens with one attached hydrogen (secondary N) is 1. The second kappa shape index (κ2) is 5.92. The van der Waals surface area contributed by atoms with E-state index < -0.39 is 0 Å². The number of amidine groups is 1. The molecule has 1 fully saturated rings. The lowest BCUT2D eigenvalue weighted by molar-refractivity contribution is 0.363. The highest BCUT2D eigenvalue weighted by molar-refractivity contribution is 8.13. The first-order valence-electron chi connectivity index (χ1n) is 5.53. The molecule has 1 aromatic carbocycles. The van der Waals surface area contributed by atoms with Crippen LogP contribution in [0, 0.1) is 0 Å². The molecular weight excluding hydrogens is 218 g/mol. The third-order valence-corrected chi connectivity index (χ3v) is 3.27. The van der Waals surface area contributed by atoms with Crippen molar-refractivity contribution in [3.8, 4) is 0 Å². The lowest BCUT2D eigenvalue weighted by Crippen LogP contribution is -2.45. The minimum atomic E-state index is 1.03. The molecule has 0 bridgehead atoms. The maximum Gasteiger partial charge on any atom is 0.164 e. The Hall–Kier alpha value is -1.00. The number of para-hydroxylation sites is 1. The van der Waals surface area contributed by atoms with Gasteiger partial charge in [-0.25, -0.2) is 4.99 Å². The Morgan fingerprint density at radius 2 is 1.94 bits per heavy atom. The van der Waals surface area contributed by atoms with Gasteiger partial charge >= 0.3 is 0 Å². The number of hydrogen-bond acceptors (Lipinski definition) is 3. The number of benzene rings is 1. The van der Waals surface area contributed by atoms with Crippen molar-refractivity contribution >= 4 is 22.6 Å². The van der Waals surface area contributed by atoms with Gasteiger partial charge in [-0.1, -0.05) is 30.0 Å². The van der Waals surface area contributed by atoms with Gasteiger partial charge in [-0.15, -0.1) is 0 Å². The second-order valence-corrected chi connectivity index (χ2v) is 4.44. The number of piperazine rings is 1. The van der Waals surface area contributed by atoms with E-state index in [1.807, 2.05) is 30.3 Å². The van der Waals surface area contributed by atoms with Gasteiger partial charge in [-0.2, -0.15) is 0 Å². The fourth-order valence-electron chi connectivity index (χ4n) is 1.71. The molecule has 4 heteroatoms. The summed E-state index contributed by atoms with van der Waals surface area (Å²) in [6.45, 7) is 4.20. The molecule has 16 heavy (non-hydrogen) atoms. The molecule has 0 aromatic heterocycles. The van der Waals surface area contributed by atoms with Crippen LogP contribution in [0.3, 0.4) is 0 Å². The van der Waals surface area contributed by atoms with Gasteiger partial charge < -0.3 is 10.2 Å². The summed E-state index contributed by atoms with van der Waals surface area (Å²) < 4.78 is 0. The SMILES string of the molecule is CSC(=Nc1ccccc1)N1CCNCC1. The molecule has 0 amide bonds. The first-order chi connectivity index (χ1) is 7.90. The monoisotopic (exact) mass is 235 g/mol. The largest absolute Gasteiger partial charge is 0.349 e.